The molecule has 5 heteroatoms. The number of hydrogen-bond donors (Lipinski definition) is 0. The van der Waals surface area contributed by atoms with Crippen molar-refractivity contribution in [2.24, 2.45) is 5.10 Å². The van der Waals surface area contributed by atoms with Gasteiger partial charge in [-0.05, 0) is 95.8 Å². The number of aryl methyl sites for hydroxylation is 2. The SMILES string of the molecule is C=C/C=C(C)/C(C)=N/N(Cc1ccc(CC)cc1)/C(=C\C)CN(C)Cc1ccc(OC(C)(C)C(=C)OCC)c(C)c1. The zero-order chi connectivity index (χ0) is 30.6. The van der Waals surface area contributed by atoms with Gasteiger partial charge in [-0.2, -0.15) is 5.10 Å². The minimum atomic E-state index is -0.613. The predicted octanol–water partition coefficient (Wildman–Crippen LogP) is 8.61. The van der Waals surface area contributed by atoms with Crippen molar-refractivity contribution < 1.29 is 9.47 Å². The molecule has 222 valence electrons. The highest BCUT2D eigenvalue weighted by atomic mass is 16.5. The Morgan fingerprint density at radius 1 is 1.00 bits per heavy atom. The Hall–Kier alpha value is -3.57. The van der Waals surface area contributed by atoms with Gasteiger partial charge in [-0.3, -0.25) is 9.91 Å². The number of hydrogen-bond acceptors (Lipinski definition) is 5. The maximum absolute atomic E-state index is 6.29. The van der Waals surface area contributed by atoms with Crippen LogP contribution in [0.2, 0.25) is 0 Å². The molecule has 0 aliphatic heterocycles. The van der Waals surface area contributed by atoms with Crippen molar-refractivity contribution in [3.63, 3.8) is 0 Å². The van der Waals surface area contributed by atoms with Crippen LogP contribution in [0.1, 0.15) is 70.7 Å². The summed E-state index contributed by atoms with van der Waals surface area (Å²) in [6.07, 6.45) is 7.00. The summed E-state index contributed by atoms with van der Waals surface area (Å²) >= 11 is 0. The molecule has 5 nitrogen and oxygen atoms in total. The smallest absolute Gasteiger partial charge is 0.159 e. The van der Waals surface area contributed by atoms with Gasteiger partial charge in [-0.25, -0.2) is 0 Å². The predicted molar refractivity (Wildman–Crippen MR) is 175 cm³/mol. The van der Waals surface area contributed by atoms with Crippen LogP contribution < -0.4 is 4.74 Å². The van der Waals surface area contributed by atoms with Crippen LogP contribution in [0.3, 0.4) is 0 Å². The first-order chi connectivity index (χ1) is 19.4. The van der Waals surface area contributed by atoms with E-state index in [1.165, 1.54) is 16.7 Å². The lowest BCUT2D eigenvalue weighted by Crippen LogP contribution is -2.32. The van der Waals surface area contributed by atoms with E-state index in [9.17, 15) is 0 Å². The summed E-state index contributed by atoms with van der Waals surface area (Å²) in [5.41, 5.74) is 7.47. The van der Waals surface area contributed by atoms with Crippen LogP contribution in [0.25, 0.3) is 0 Å². The summed E-state index contributed by atoms with van der Waals surface area (Å²) < 4.78 is 11.9. The molecule has 0 unspecified atom stereocenters. The number of rotatable bonds is 16. The van der Waals surface area contributed by atoms with E-state index in [1.54, 1.807) is 6.08 Å². The molecule has 2 rings (SSSR count). The van der Waals surface area contributed by atoms with Crippen LogP contribution in [-0.2, 0) is 24.2 Å². The molecule has 0 bridgehead atoms. The molecule has 0 N–H and O–H groups in total. The lowest BCUT2D eigenvalue weighted by atomic mass is 10.1. The number of allylic oxidation sites excluding steroid dienone is 4. The second-order valence-electron chi connectivity index (χ2n) is 11.0. The molecule has 0 aliphatic carbocycles. The molecular formula is C36H51N3O2. The van der Waals surface area contributed by atoms with Crippen LogP contribution in [0, 0.1) is 6.92 Å². The Balaban J connectivity index is 2.22. The molecule has 0 aliphatic rings. The second kappa shape index (κ2) is 16.0. The minimum Gasteiger partial charge on any atom is -0.495 e. The van der Waals surface area contributed by atoms with Gasteiger partial charge in [-0.1, -0.05) is 74.7 Å². The molecule has 0 saturated carbocycles. The van der Waals surface area contributed by atoms with E-state index in [1.807, 2.05) is 32.9 Å². The maximum Gasteiger partial charge on any atom is 0.159 e. The quantitative estimate of drug-likeness (QED) is 0.0896. The van der Waals surface area contributed by atoms with Crippen molar-refractivity contribution in [2.45, 2.75) is 80.5 Å². The van der Waals surface area contributed by atoms with Gasteiger partial charge >= 0.3 is 0 Å². The summed E-state index contributed by atoms with van der Waals surface area (Å²) in [5, 5.41) is 7.18. The molecule has 0 fully saturated rings. The van der Waals surface area contributed by atoms with E-state index in [0.717, 1.165) is 47.8 Å². The molecule has 2 aromatic carbocycles. The number of hydrazone groups is 1. The van der Waals surface area contributed by atoms with Crippen molar-refractivity contribution in [3.8, 4) is 5.75 Å². The van der Waals surface area contributed by atoms with Crippen molar-refractivity contribution in [3.05, 3.63) is 113 Å². The number of nitrogens with zero attached hydrogens (tertiary/aromatic N) is 3. The third-order valence-corrected chi connectivity index (χ3v) is 7.12. The molecule has 0 amide bonds. The molecule has 0 radical (unpaired) electrons. The highest BCUT2D eigenvalue weighted by molar-refractivity contribution is 5.97. The minimum absolute atomic E-state index is 0.572. The molecule has 0 aromatic heterocycles. The van der Waals surface area contributed by atoms with Crippen LogP contribution >= 0.6 is 0 Å². The van der Waals surface area contributed by atoms with E-state index < -0.39 is 5.60 Å². The lowest BCUT2D eigenvalue weighted by Gasteiger charge is -2.29. The van der Waals surface area contributed by atoms with Gasteiger partial charge < -0.3 is 9.47 Å². The highest BCUT2D eigenvalue weighted by Gasteiger charge is 2.26. The monoisotopic (exact) mass is 557 g/mol. The van der Waals surface area contributed by atoms with E-state index in [2.05, 4.69) is 107 Å². The van der Waals surface area contributed by atoms with Gasteiger partial charge in [0.05, 0.1) is 18.9 Å². The van der Waals surface area contributed by atoms with Gasteiger partial charge in [0.2, 0.25) is 0 Å². The van der Waals surface area contributed by atoms with Gasteiger partial charge in [0, 0.05) is 18.8 Å². The normalized spacial score (nSPS) is 12.9. The molecule has 0 atom stereocenters. The van der Waals surface area contributed by atoms with E-state index >= 15 is 0 Å². The van der Waals surface area contributed by atoms with Crippen LogP contribution in [-0.4, -0.2) is 41.4 Å². The molecule has 2 aromatic rings. The topological polar surface area (TPSA) is 37.3 Å². The zero-order valence-electron chi connectivity index (χ0n) is 26.9. The first-order valence-electron chi connectivity index (χ1n) is 14.6. The fourth-order valence-corrected chi connectivity index (χ4v) is 4.38. The third kappa shape index (κ3) is 10.4. The molecule has 0 spiro atoms. The summed E-state index contributed by atoms with van der Waals surface area (Å²) in [7, 11) is 2.14. The fraction of sp³-hybridized carbons (Fsp3) is 0.417. The zero-order valence-corrected chi connectivity index (χ0v) is 26.9. The largest absolute Gasteiger partial charge is 0.495 e. The van der Waals surface area contributed by atoms with E-state index in [-0.39, 0.29) is 0 Å². The Kier molecular flexibility index (Phi) is 13.1. The van der Waals surface area contributed by atoms with Crippen LogP contribution in [0.15, 0.2) is 96.0 Å². The van der Waals surface area contributed by atoms with Crippen molar-refractivity contribution in [1.82, 2.24) is 9.91 Å². The van der Waals surface area contributed by atoms with Crippen LogP contribution in [0.5, 0.6) is 5.75 Å². The first kappa shape index (κ1) is 33.6. The van der Waals surface area contributed by atoms with Gasteiger partial charge in [-0.15, -0.1) is 0 Å². The van der Waals surface area contributed by atoms with Gasteiger partial charge in [0.15, 0.2) is 5.60 Å². The molecule has 0 saturated heterocycles. The molecule has 0 heterocycles. The Bertz CT molecular complexity index is 1250. The summed E-state index contributed by atoms with van der Waals surface area (Å²) in [5.74, 6) is 1.46. The standard InChI is InChI=1S/C36H51N3O2/c1-12-16-27(5)29(7)37-39(25-32-19-17-31(13-2)18-20-32)34(14-3)26-38(11)24-33-21-22-35(28(6)23-33)41-36(9,10)30(8)40-15-4/h12,14,16-23H,1,8,13,15,24-26H2,2-7,9-11H3/b27-16+,34-14-,37-29+. The molecule has 41 heavy (non-hydrogen) atoms. The highest BCUT2D eigenvalue weighted by Crippen LogP contribution is 2.28. The Morgan fingerprint density at radius 3 is 2.20 bits per heavy atom. The average Bonchev–Trinajstić information content (AvgIpc) is 2.93. The van der Waals surface area contributed by atoms with Crippen molar-refractivity contribution in [1.29, 1.82) is 0 Å². The van der Waals surface area contributed by atoms with Crippen molar-refractivity contribution in [2.75, 3.05) is 20.2 Å². The van der Waals surface area contributed by atoms with Gasteiger partial charge in [0.25, 0.3) is 0 Å². The number of benzene rings is 2. The third-order valence-electron chi connectivity index (χ3n) is 7.12. The second-order valence-corrected chi connectivity index (χ2v) is 11.0. The van der Waals surface area contributed by atoms with E-state index in [4.69, 9.17) is 14.6 Å². The van der Waals surface area contributed by atoms with Gasteiger partial charge in [0.1, 0.15) is 11.5 Å². The maximum atomic E-state index is 6.29. The number of likely N-dealkylation sites (N-methyl/N-ethyl adjacent to an activating group) is 1. The fourth-order valence-electron chi connectivity index (χ4n) is 4.38. The summed E-state index contributed by atoms with van der Waals surface area (Å²) in [4.78, 5) is 2.32. The Labute approximate surface area is 249 Å². The van der Waals surface area contributed by atoms with E-state index in [0.29, 0.717) is 18.9 Å². The van der Waals surface area contributed by atoms with Crippen molar-refractivity contribution >= 4 is 5.71 Å². The summed E-state index contributed by atoms with van der Waals surface area (Å²) in [6, 6.07) is 15.2. The Morgan fingerprint density at radius 2 is 1.63 bits per heavy atom. The first-order valence-corrected chi connectivity index (χ1v) is 14.6. The molecular weight excluding hydrogens is 506 g/mol. The lowest BCUT2D eigenvalue weighted by molar-refractivity contribution is 0.0637. The van der Waals surface area contributed by atoms with Crippen LogP contribution in [0.4, 0.5) is 0 Å². The number of ether oxygens (including phenoxy) is 2. The average molecular weight is 558 g/mol. The summed E-state index contributed by atoms with van der Waals surface area (Å²) in [6.45, 7) is 27.1.